The zero-order valence-corrected chi connectivity index (χ0v) is 29.7. The first kappa shape index (κ1) is 31.1. The fourth-order valence-corrected chi connectivity index (χ4v) is 8.34. The third-order valence-electron chi connectivity index (χ3n) is 11.8. The second-order valence-corrected chi connectivity index (χ2v) is 15.0. The fraction of sp³-hybridized carbons (Fsp3) is 0.120. The van der Waals surface area contributed by atoms with E-state index in [9.17, 15) is 0 Å². The van der Waals surface area contributed by atoms with E-state index in [0.29, 0.717) is 0 Å². The molecule has 8 aromatic rings. The Hall–Kier alpha value is -5.92. The molecule has 246 valence electrons. The van der Waals surface area contributed by atoms with Crippen molar-refractivity contribution >= 4 is 38.6 Å². The Labute approximate surface area is 301 Å². The van der Waals surface area contributed by atoms with Crippen LogP contribution in [0.15, 0.2) is 176 Å². The maximum absolute atomic E-state index is 2.42. The van der Waals surface area contributed by atoms with E-state index in [1.165, 1.54) is 66.1 Å². The highest BCUT2D eigenvalue weighted by Gasteiger charge is 2.45. The molecule has 0 atom stereocenters. The first-order valence-corrected chi connectivity index (χ1v) is 18.0. The van der Waals surface area contributed by atoms with Gasteiger partial charge < -0.3 is 4.90 Å². The van der Waals surface area contributed by atoms with E-state index >= 15 is 0 Å². The molecule has 0 radical (unpaired) electrons. The first-order valence-electron chi connectivity index (χ1n) is 18.0. The van der Waals surface area contributed by atoms with Crippen LogP contribution in [0, 0.1) is 0 Å². The van der Waals surface area contributed by atoms with Gasteiger partial charge in [-0.15, -0.1) is 0 Å². The Morgan fingerprint density at radius 1 is 0.353 bits per heavy atom. The minimum Gasteiger partial charge on any atom is -0.310 e. The van der Waals surface area contributed by atoms with Crippen LogP contribution in [-0.2, 0) is 10.8 Å². The van der Waals surface area contributed by atoms with Crippen molar-refractivity contribution in [3.8, 4) is 33.4 Å². The molecule has 1 nitrogen and oxygen atoms in total. The normalized spacial score (nSPS) is 14.2. The van der Waals surface area contributed by atoms with Gasteiger partial charge in [-0.2, -0.15) is 0 Å². The van der Waals surface area contributed by atoms with Crippen molar-refractivity contribution in [1.82, 2.24) is 0 Å². The molecule has 0 saturated heterocycles. The molecule has 0 heterocycles. The molecule has 8 aromatic carbocycles. The van der Waals surface area contributed by atoms with Crippen LogP contribution < -0.4 is 4.90 Å². The zero-order chi connectivity index (χ0) is 34.7. The second kappa shape index (κ2) is 11.9. The molecule has 0 aliphatic heterocycles. The average molecular weight is 656 g/mol. The van der Waals surface area contributed by atoms with Gasteiger partial charge in [-0.25, -0.2) is 0 Å². The lowest BCUT2D eigenvalue weighted by Gasteiger charge is -2.47. The van der Waals surface area contributed by atoms with Crippen LogP contribution >= 0.6 is 0 Å². The smallest absolute Gasteiger partial charge is 0.0467 e. The molecule has 0 N–H and O–H groups in total. The Kier molecular flexibility index (Phi) is 7.22. The lowest BCUT2D eigenvalue weighted by atomic mass is 9.56. The minimum absolute atomic E-state index is 0.00385. The van der Waals surface area contributed by atoms with Gasteiger partial charge in [0.2, 0.25) is 0 Å². The number of anilines is 3. The summed E-state index contributed by atoms with van der Waals surface area (Å²) >= 11 is 0. The number of hydrogen-bond acceptors (Lipinski definition) is 1. The molecule has 0 fully saturated rings. The van der Waals surface area contributed by atoms with Crippen LogP contribution in [0.3, 0.4) is 0 Å². The molecule has 0 bridgehead atoms. The van der Waals surface area contributed by atoms with Gasteiger partial charge in [0.25, 0.3) is 0 Å². The summed E-state index contributed by atoms with van der Waals surface area (Å²) in [5.41, 5.74) is 13.6. The van der Waals surface area contributed by atoms with Gasteiger partial charge in [0.15, 0.2) is 0 Å². The molecular weight excluding hydrogens is 615 g/mol. The van der Waals surface area contributed by atoms with Crippen LogP contribution in [0.4, 0.5) is 17.1 Å². The van der Waals surface area contributed by atoms with Gasteiger partial charge >= 0.3 is 0 Å². The van der Waals surface area contributed by atoms with Gasteiger partial charge in [-0.05, 0) is 113 Å². The van der Waals surface area contributed by atoms with Crippen molar-refractivity contribution in [3.05, 3.63) is 187 Å². The monoisotopic (exact) mass is 655 g/mol. The zero-order valence-electron chi connectivity index (χ0n) is 29.7. The molecule has 0 amide bonds. The van der Waals surface area contributed by atoms with Crippen molar-refractivity contribution in [3.63, 3.8) is 0 Å². The van der Waals surface area contributed by atoms with E-state index in [4.69, 9.17) is 0 Å². The van der Waals surface area contributed by atoms with Gasteiger partial charge in [0, 0.05) is 17.1 Å². The fourth-order valence-electron chi connectivity index (χ4n) is 8.34. The quantitative estimate of drug-likeness (QED) is 0.161. The van der Waals surface area contributed by atoms with Crippen LogP contribution in [0.5, 0.6) is 0 Å². The Morgan fingerprint density at radius 2 is 0.863 bits per heavy atom. The number of nitrogens with zero attached hydrogens (tertiary/aromatic N) is 1. The highest BCUT2D eigenvalue weighted by Crippen LogP contribution is 2.54. The molecule has 1 aliphatic carbocycles. The Morgan fingerprint density at radius 3 is 1.55 bits per heavy atom. The van der Waals surface area contributed by atoms with E-state index in [2.05, 4.69) is 209 Å². The van der Waals surface area contributed by atoms with Crippen molar-refractivity contribution in [2.45, 2.75) is 38.5 Å². The summed E-state index contributed by atoms with van der Waals surface area (Å²) in [6, 6.07) is 64.5. The molecule has 0 saturated carbocycles. The number of benzene rings is 8. The van der Waals surface area contributed by atoms with Crippen LogP contribution in [0.2, 0.25) is 0 Å². The van der Waals surface area contributed by atoms with Crippen LogP contribution in [0.25, 0.3) is 54.9 Å². The SMILES string of the molecule is CC1(C)c2cccc3ccc4c(-c5cccc(N(c6ccccc6)c6cccc(-c7ccc(-c8ccccc8)cc7)c6)c5)ccc(c4c23)C1(C)C. The van der Waals surface area contributed by atoms with Gasteiger partial charge in [0.05, 0.1) is 0 Å². The third kappa shape index (κ3) is 4.99. The summed E-state index contributed by atoms with van der Waals surface area (Å²) in [6.45, 7) is 9.66. The highest BCUT2D eigenvalue weighted by molar-refractivity contribution is 6.16. The van der Waals surface area contributed by atoms with Crippen molar-refractivity contribution in [2.75, 3.05) is 4.90 Å². The van der Waals surface area contributed by atoms with E-state index in [1.54, 1.807) is 0 Å². The van der Waals surface area contributed by atoms with Gasteiger partial charge in [-0.3, -0.25) is 0 Å². The maximum Gasteiger partial charge on any atom is 0.0467 e. The molecular formula is C50H41N. The predicted molar refractivity (Wildman–Crippen MR) is 218 cm³/mol. The Bertz CT molecular complexity index is 2560. The predicted octanol–water partition coefficient (Wildman–Crippen LogP) is 14.0. The summed E-state index contributed by atoms with van der Waals surface area (Å²) in [7, 11) is 0. The Balaban J connectivity index is 1.17. The van der Waals surface area contributed by atoms with E-state index in [-0.39, 0.29) is 10.8 Å². The van der Waals surface area contributed by atoms with E-state index in [1.807, 2.05) is 0 Å². The molecule has 0 spiro atoms. The van der Waals surface area contributed by atoms with Crippen LogP contribution in [0.1, 0.15) is 38.8 Å². The molecule has 0 unspecified atom stereocenters. The number of rotatable bonds is 6. The number of para-hydroxylation sites is 1. The molecule has 51 heavy (non-hydrogen) atoms. The van der Waals surface area contributed by atoms with E-state index in [0.717, 1.165) is 17.1 Å². The topological polar surface area (TPSA) is 3.24 Å². The lowest BCUT2D eigenvalue weighted by molar-refractivity contribution is 0.304. The minimum atomic E-state index is -0.0226. The summed E-state index contributed by atoms with van der Waals surface area (Å²) in [6.07, 6.45) is 0. The summed E-state index contributed by atoms with van der Waals surface area (Å²) in [5, 5.41) is 5.45. The summed E-state index contributed by atoms with van der Waals surface area (Å²) < 4.78 is 0. The number of hydrogen-bond donors (Lipinski definition) is 0. The molecule has 1 heteroatoms. The average Bonchev–Trinajstić information content (AvgIpc) is 3.17. The first-order chi connectivity index (χ1) is 24.8. The van der Waals surface area contributed by atoms with Crippen molar-refractivity contribution in [1.29, 1.82) is 0 Å². The summed E-state index contributed by atoms with van der Waals surface area (Å²) in [4.78, 5) is 2.38. The maximum atomic E-state index is 2.42. The molecule has 0 aromatic heterocycles. The van der Waals surface area contributed by atoms with Crippen molar-refractivity contribution in [2.24, 2.45) is 0 Å². The molecule has 1 aliphatic rings. The van der Waals surface area contributed by atoms with Gasteiger partial charge in [0.1, 0.15) is 0 Å². The summed E-state index contributed by atoms with van der Waals surface area (Å²) in [5.74, 6) is 0. The second-order valence-electron chi connectivity index (χ2n) is 15.0. The highest BCUT2D eigenvalue weighted by atomic mass is 15.1. The van der Waals surface area contributed by atoms with E-state index < -0.39 is 0 Å². The van der Waals surface area contributed by atoms with Gasteiger partial charge in [-0.1, -0.05) is 167 Å². The largest absolute Gasteiger partial charge is 0.310 e. The van der Waals surface area contributed by atoms with Crippen molar-refractivity contribution < 1.29 is 0 Å². The standard InChI is InChI=1S/C50H41N/c1-49(2)45-23-13-16-37-28-29-44-43(30-31-46(50(49,3)4)48(44)47(37)45)39-18-12-22-42(33-39)51(40-19-9-6-10-20-40)41-21-11-17-38(32-41)36-26-24-35(25-27-36)34-14-7-5-8-15-34/h5-33H,1-4H3. The lowest BCUT2D eigenvalue weighted by Crippen LogP contribution is -2.42. The third-order valence-corrected chi connectivity index (χ3v) is 11.8. The van der Waals surface area contributed by atoms with Crippen LogP contribution in [-0.4, -0.2) is 0 Å². The molecule has 9 rings (SSSR count).